The van der Waals surface area contributed by atoms with Crippen molar-refractivity contribution in [2.75, 3.05) is 7.11 Å². The van der Waals surface area contributed by atoms with E-state index in [4.69, 9.17) is 14.7 Å². The summed E-state index contributed by atoms with van der Waals surface area (Å²) in [6.45, 7) is 4.13. The van der Waals surface area contributed by atoms with Crippen LogP contribution < -0.4 is 4.74 Å². The van der Waals surface area contributed by atoms with E-state index in [-0.39, 0.29) is 0 Å². The van der Waals surface area contributed by atoms with Crippen LogP contribution in [0.3, 0.4) is 0 Å². The van der Waals surface area contributed by atoms with E-state index in [1.165, 1.54) is 32.1 Å². The van der Waals surface area contributed by atoms with Crippen LogP contribution in [-0.4, -0.2) is 26.5 Å². The van der Waals surface area contributed by atoms with Gasteiger partial charge in [0.15, 0.2) is 5.65 Å². The second-order valence-electron chi connectivity index (χ2n) is 6.47. The maximum Gasteiger partial charge on any atom is 0.215 e. The zero-order chi connectivity index (χ0) is 16.0. The number of hydrogen-bond donors (Lipinski definition) is 0. The summed E-state index contributed by atoms with van der Waals surface area (Å²) < 4.78 is 7.55. The van der Waals surface area contributed by atoms with E-state index in [0.717, 1.165) is 33.9 Å². The molecule has 1 aliphatic rings. The number of aromatic nitrogens is 4. The van der Waals surface area contributed by atoms with Gasteiger partial charge in [-0.25, -0.2) is 9.97 Å². The summed E-state index contributed by atoms with van der Waals surface area (Å²) in [6.07, 6.45) is 6.34. The van der Waals surface area contributed by atoms with E-state index in [2.05, 4.69) is 23.2 Å². The van der Waals surface area contributed by atoms with Gasteiger partial charge in [0.2, 0.25) is 5.88 Å². The highest BCUT2D eigenvalue weighted by Crippen LogP contribution is 2.34. The first-order valence-corrected chi connectivity index (χ1v) is 8.39. The van der Waals surface area contributed by atoms with Gasteiger partial charge in [-0.3, -0.25) is 4.40 Å². The van der Waals surface area contributed by atoms with Crippen molar-refractivity contribution in [3.63, 3.8) is 0 Å². The summed E-state index contributed by atoms with van der Waals surface area (Å²) in [5.74, 6) is 2.28. The van der Waals surface area contributed by atoms with Gasteiger partial charge in [0.1, 0.15) is 11.3 Å². The van der Waals surface area contributed by atoms with Crippen molar-refractivity contribution in [3.05, 3.63) is 29.3 Å². The molecule has 0 atom stereocenters. The summed E-state index contributed by atoms with van der Waals surface area (Å²) in [7, 11) is 1.65. The summed E-state index contributed by atoms with van der Waals surface area (Å²) in [5, 5.41) is 0. The van der Waals surface area contributed by atoms with Crippen molar-refractivity contribution < 1.29 is 4.74 Å². The quantitative estimate of drug-likeness (QED) is 0.719. The van der Waals surface area contributed by atoms with Crippen molar-refractivity contribution in [2.24, 2.45) is 0 Å². The maximum absolute atomic E-state index is 5.32. The molecule has 1 fully saturated rings. The molecule has 0 aliphatic heterocycles. The number of ether oxygens (including phenoxy) is 1. The van der Waals surface area contributed by atoms with Gasteiger partial charge < -0.3 is 4.74 Å². The molecule has 0 amide bonds. The van der Waals surface area contributed by atoms with E-state index in [1.54, 1.807) is 7.11 Å². The minimum atomic E-state index is 0.517. The highest BCUT2D eigenvalue weighted by atomic mass is 16.5. The Morgan fingerprint density at radius 1 is 1.00 bits per heavy atom. The van der Waals surface area contributed by atoms with Gasteiger partial charge in [0.25, 0.3) is 0 Å². The lowest BCUT2D eigenvalue weighted by Crippen LogP contribution is -2.10. The third-order valence-electron chi connectivity index (χ3n) is 4.93. The van der Waals surface area contributed by atoms with Gasteiger partial charge in [0, 0.05) is 12.0 Å². The van der Waals surface area contributed by atoms with Crippen LogP contribution in [0.25, 0.3) is 16.7 Å². The van der Waals surface area contributed by atoms with Crippen LogP contribution >= 0.6 is 0 Å². The molecule has 3 aromatic heterocycles. The molecular weight excluding hydrogens is 288 g/mol. The van der Waals surface area contributed by atoms with Crippen LogP contribution in [0.4, 0.5) is 0 Å². The summed E-state index contributed by atoms with van der Waals surface area (Å²) in [4.78, 5) is 14.3. The SMILES string of the molecule is COc1ccc2nc(C)c3c(C)nc(C4CCCCC4)n3c2n1. The maximum atomic E-state index is 5.32. The summed E-state index contributed by atoms with van der Waals surface area (Å²) in [6, 6.07) is 3.85. The number of rotatable bonds is 2. The largest absolute Gasteiger partial charge is 0.481 e. The van der Waals surface area contributed by atoms with Crippen molar-refractivity contribution in [2.45, 2.75) is 51.9 Å². The van der Waals surface area contributed by atoms with Crippen molar-refractivity contribution >= 4 is 16.7 Å². The highest BCUT2D eigenvalue weighted by Gasteiger charge is 2.24. The Labute approximate surface area is 135 Å². The van der Waals surface area contributed by atoms with Gasteiger partial charge in [-0.2, -0.15) is 4.98 Å². The number of imidazole rings is 1. The van der Waals surface area contributed by atoms with E-state index in [0.29, 0.717) is 11.8 Å². The standard InChI is InChI=1S/C18H22N4O/c1-11-16-12(2)20-17(13-7-5-4-6-8-13)22(16)18-14(19-11)9-10-15(21-18)23-3/h9-10,13H,4-8H2,1-3H3. The Morgan fingerprint density at radius 2 is 1.74 bits per heavy atom. The molecule has 0 saturated heterocycles. The third kappa shape index (κ3) is 2.26. The number of methoxy groups -OCH3 is 1. The normalized spacial score (nSPS) is 16.3. The van der Waals surface area contributed by atoms with Gasteiger partial charge in [-0.05, 0) is 32.8 Å². The van der Waals surface area contributed by atoms with Crippen LogP contribution in [0.5, 0.6) is 5.88 Å². The zero-order valence-corrected chi connectivity index (χ0v) is 14.0. The smallest absolute Gasteiger partial charge is 0.215 e. The molecule has 3 heterocycles. The lowest BCUT2D eigenvalue weighted by atomic mass is 9.89. The lowest BCUT2D eigenvalue weighted by Gasteiger charge is -2.21. The van der Waals surface area contributed by atoms with Crippen LogP contribution in [0.1, 0.15) is 55.2 Å². The van der Waals surface area contributed by atoms with Crippen LogP contribution in [0.2, 0.25) is 0 Å². The van der Waals surface area contributed by atoms with Crippen molar-refractivity contribution in [1.29, 1.82) is 0 Å². The topological polar surface area (TPSA) is 52.3 Å². The van der Waals surface area contributed by atoms with Gasteiger partial charge in [-0.1, -0.05) is 19.3 Å². The molecule has 0 bridgehead atoms. The molecule has 4 rings (SSSR count). The number of nitrogens with zero attached hydrogens (tertiary/aromatic N) is 4. The molecule has 3 aromatic rings. The first-order valence-electron chi connectivity index (χ1n) is 8.39. The Hall–Kier alpha value is -2.17. The Balaban J connectivity index is 2.06. The summed E-state index contributed by atoms with van der Waals surface area (Å²) in [5.41, 5.74) is 4.90. The van der Waals surface area contributed by atoms with Crippen molar-refractivity contribution in [3.8, 4) is 5.88 Å². The Bertz CT molecular complexity index is 878. The fourth-order valence-electron chi connectivity index (χ4n) is 3.85. The minimum Gasteiger partial charge on any atom is -0.481 e. The van der Waals surface area contributed by atoms with Crippen molar-refractivity contribution in [1.82, 2.24) is 19.4 Å². The Kier molecular flexibility index (Phi) is 3.43. The zero-order valence-electron chi connectivity index (χ0n) is 14.0. The molecule has 1 saturated carbocycles. The first-order chi connectivity index (χ1) is 11.2. The fourth-order valence-corrected chi connectivity index (χ4v) is 3.85. The molecule has 1 aliphatic carbocycles. The molecule has 0 unspecified atom stereocenters. The molecule has 5 nitrogen and oxygen atoms in total. The minimum absolute atomic E-state index is 0.517. The van der Waals surface area contributed by atoms with E-state index in [9.17, 15) is 0 Å². The number of aryl methyl sites for hydroxylation is 2. The second kappa shape index (κ2) is 5.48. The number of pyridine rings is 1. The van der Waals surface area contributed by atoms with Crippen LogP contribution in [0.15, 0.2) is 12.1 Å². The lowest BCUT2D eigenvalue weighted by molar-refractivity contribution is 0.399. The molecule has 5 heteroatoms. The van der Waals surface area contributed by atoms with Gasteiger partial charge in [-0.15, -0.1) is 0 Å². The van der Waals surface area contributed by atoms with Crippen LogP contribution in [0, 0.1) is 13.8 Å². The average Bonchev–Trinajstić information content (AvgIpc) is 2.94. The second-order valence-corrected chi connectivity index (χ2v) is 6.47. The van der Waals surface area contributed by atoms with Gasteiger partial charge in [0.05, 0.1) is 24.0 Å². The average molecular weight is 310 g/mol. The molecule has 23 heavy (non-hydrogen) atoms. The molecule has 120 valence electrons. The monoisotopic (exact) mass is 310 g/mol. The van der Waals surface area contributed by atoms with Crippen LogP contribution in [-0.2, 0) is 0 Å². The molecule has 0 N–H and O–H groups in total. The van der Waals surface area contributed by atoms with E-state index >= 15 is 0 Å². The van der Waals surface area contributed by atoms with E-state index in [1.807, 2.05) is 12.1 Å². The molecule has 0 radical (unpaired) electrons. The predicted molar refractivity (Wildman–Crippen MR) is 90.1 cm³/mol. The Morgan fingerprint density at radius 3 is 2.48 bits per heavy atom. The molecular formula is C18H22N4O. The predicted octanol–water partition coefficient (Wildman–Crippen LogP) is 3.95. The summed E-state index contributed by atoms with van der Waals surface area (Å²) >= 11 is 0. The first kappa shape index (κ1) is 14.4. The third-order valence-corrected chi connectivity index (χ3v) is 4.93. The van der Waals surface area contributed by atoms with Gasteiger partial charge >= 0.3 is 0 Å². The number of fused-ring (bicyclic) bond motifs is 3. The van der Waals surface area contributed by atoms with E-state index < -0.39 is 0 Å². The number of hydrogen-bond acceptors (Lipinski definition) is 4. The highest BCUT2D eigenvalue weighted by molar-refractivity contribution is 5.78. The molecule has 0 aromatic carbocycles. The molecule has 0 spiro atoms. The fraction of sp³-hybridized carbons (Fsp3) is 0.500.